The molecule has 1 N–H and O–H groups in total. The Balaban J connectivity index is 1.68. The van der Waals surface area contributed by atoms with Crippen molar-refractivity contribution in [3.05, 3.63) is 10.6 Å². The molecule has 0 radical (unpaired) electrons. The third kappa shape index (κ3) is 3.42. The Labute approximate surface area is 137 Å². The number of carbonyl (C=O) groups is 1. The Hall–Kier alpha value is -1.17. The minimum atomic E-state index is 0.297. The van der Waals surface area contributed by atoms with E-state index in [1.54, 1.807) is 0 Å². The Morgan fingerprint density at radius 3 is 2.86 bits per heavy atom. The maximum Gasteiger partial charge on any atom is 0.222 e. The van der Waals surface area contributed by atoms with Crippen LogP contribution in [0.25, 0.3) is 0 Å². The minimum absolute atomic E-state index is 0.297. The summed E-state index contributed by atoms with van der Waals surface area (Å²) in [5, 5.41) is 7.43. The van der Waals surface area contributed by atoms with Crippen LogP contribution in [0.5, 0.6) is 0 Å². The van der Waals surface area contributed by atoms with Crippen molar-refractivity contribution in [3.63, 3.8) is 0 Å². The number of hydrogen-bond donors (Lipinski definition) is 1. The summed E-state index contributed by atoms with van der Waals surface area (Å²) in [6.45, 7) is 6.02. The molecule has 0 spiro atoms. The number of amides is 1. The average molecular weight is 322 g/mol. The first kappa shape index (κ1) is 15.7. The van der Waals surface area contributed by atoms with Gasteiger partial charge in [-0.15, -0.1) is 0 Å². The molecule has 1 aliphatic carbocycles. The molecular weight excluding hydrogens is 296 g/mol. The number of H-pyrrole nitrogens is 1. The lowest BCUT2D eigenvalue weighted by atomic mass is 9.96. The number of aromatic amines is 1. The predicted octanol–water partition coefficient (Wildman–Crippen LogP) is 3.42. The number of carbonyl (C=O) groups excluding carboxylic acids is 1. The zero-order valence-electron chi connectivity index (χ0n) is 13.5. The molecule has 0 unspecified atom stereocenters. The summed E-state index contributed by atoms with van der Waals surface area (Å²) in [7, 11) is 0. The van der Waals surface area contributed by atoms with Crippen LogP contribution in [-0.4, -0.2) is 38.7 Å². The van der Waals surface area contributed by atoms with Gasteiger partial charge in [-0.3, -0.25) is 9.89 Å². The number of nitrogens with zero attached hydrogens (tertiary/aromatic N) is 3. The zero-order chi connectivity index (χ0) is 15.7. The average Bonchev–Trinajstić information content (AvgIpc) is 3.27. The van der Waals surface area contributed by atoms with Crippen molar-refractivity contribution in [3.8, 4) is 0 Å². The van der Waals surface area contributed by atoms with Crippen molar-refractivity contribution in [2.24, 2.45) is 5.92 Å². The Bertz CT molecular complexity index is 587. The molecule has 3 rings (SSSR count). The second-order valence-electron chi connectivity index (χ2n) is 7.10. The van der Waals surface area contributed by atoms with Gasteiger partial charge >= 0.3 is 0 Å². The summed E-state index contributed by atoms with van der Waals surface area (Å²) in [5.41, 5.74) is 0. The molecule has 2 heterocycles. The topological polar surface area (TPSA) is 53.9 Å². The molecule has 1 saturated carbocycles. The smallest absolute Gasteiger partial charge is 0.222 e. The fourth-order valence-electron chi connectivity index (χ4n) is 3.28. The van der Waals surface area contributed by atoms with E-state index in [2.05, 4.69) is 28.6 Å². The SMILES string of the molecule is CC(C)CCC(=O)N1CCC[C@H](c2n[nH]c(=S)n2C2CC2)C1. The molecule has 1 amide bonds. The number of aromatic nitrogens is 3. The van der Waals surface area contributed by atoms with Crippen LogP contribution in [0.4, 0.5) is 0 Å². The van der Waals surface area contributed by atoms with E-state index in [9.17, 15) is 4.79 Å². The van der Waals surface area contributed by atoms with Crippen LogP contribution < -0.4 is 0 Å². The molecule has 1 aromatic heterocycles. The van der Waals surface area contributed by atoms with E-state index in [1.807, 2.05) is 4.90 Å². The van der Waals surface area contributed by atoms with E-state index in [1.165, 1.54) is 12.8 Å². The van der Waals surface area contributed by atoms with Gasteiger partial charge in [-0.2, -0.15) is 5.10 Å². The van der Waals surface area contributed by atoms with Crippen LogP contribution in [0, 0.1) is 10.7 Å². The Morgan fingerprint density at radius 2 is 2.18 bits per heavy atom. The summed E-state index contributed by atoms with van der Waals surface area (Å²) in [6, 6.07) is 0.535. The first-order valence-corrected chi connectivity index (χ1v) is 8.91. The van der Waals surface area contributed by atoms with E-state index in [4.69, 9.17) is 12.2 Å². The molecule has 1 atom stereocenters. The molecule has 1 aromatic rings. The van der Waals surface area contributed by atoms with Gasteiger partial charge in [-0.1, -0.05) is 13.8 Å². The minimum Gasteiger partial charge on any atom is -0.342 e. The highest BCUT2D eigenvalue weighted by Gasteiger charge is 2.33. The van der Waals surface area contributed by atoms with Crippen LogP contribution in [0.2, 0.25) is 0 Å². The van der Waals surface area contributed by atoms with Crippen LogP contribution in [0.1, 0.15) is 70.2 Å². The number of rotatable bonds is 5. The van der Waals surface area contributed by atoms with Gasteiger partial charge in [0.15, 0.2) is 4.77 Å². The number of likely N-dealkylation sites (tertiary alicyclic amines) is 1. The molecule has 2 fully saturated rings. The first-order chi connectivity index (χ1) is 10.6. The maximum atomic E-state index is 12.4. The molecule has 0 aromatic carbocycles. The summed E-state index contributed by atoms with van der Waals surface area (Å²) < 4.78 is 2.93. The molecule has 2 aliphatic rings. The third-order valence-electron chi connectivity index (χ3n) is 4.72. The Kier molecular flexibility index (Phi) is 4.66. The molecule has 6 heteroatoms. The van der Waals surface area contributed by atoms with E-state index < -0.39 is 0 Å². The first-order valence-electron chi connectivity index (χ1n) is 8.51. The molecule has 5 nitrogen and oxygen atoms in total. The lowest BCUT2D eigenvalue weighted by molar-refractivity contribution is -0.132. The van der Waals surface area contributed by atoms with Crippen LogP contribution >= 0.6 is 12.2 Å². The summed E-state index contributed by atoms with van der Waals surface area (Å²) in [6.07, 6.45) is 6.19. The molecule has 122 valence electrons. The fourth-order valence-corrected chi connectivity index (χ4v) is 3.56. The number of hydrogen-bond acceptors (Lipinski definition) is 3. The van der Waals surface area contributed by atoms with Crippen molar-refractivity contribution in [2.75, 3.05) is 13.1 Å². The highest BCUT2D eigenvalue weighted by molar-refractivity contribution is 7.71. The maximum absolute atomic E-state index is 12.4. The van der Waals surface area contributed by atoms with Gasteiger partial charge in [0.25, 0.3) is 0 Å². The second-order valence-corrected chi connectivity index (χ2v) is 7.49. The van der Waals surface area contributed by atoms with Crippen molar-refractivity contribution >= 4 is 18.1 Å². The van der Waals surface area contributed by atoms with E-state index in [0.29, 0.717) is 30.2 Å². The standard InChI is InChI=1S/C16H26N4OS/c1-11(2)5-8-14(21)19-9-3-4-12(10-19)15-17-18-16(22)20(15)13-6-7-13/h11-13H,3-10H2,1-2H3,(H,18,22)/t12-/m0/s1. The van der Waals surface area contributed by atoms with Gasteiger partial charge in [0.05, 0.1) is 0 Å². The highest BCUT2D eigenvalue weighted by atomic mass is 32.1. The van der Waals surface area contributed by atoms with Gasteiger partial charge in [-0.05, 0) is 50.2 Å². The number of piperidine rings is 1. The highest BCUT2D eigenvalue weighted by Crippen LogP contribution is 2.38. The molecule has 0 bridgehead atoms. The van der Waals surface area contributed by atoms with E-state index >= 15 is 0 Å². The second kappa shape index (κ2) is 6.52. The van der Waals surface area contributed by atoms with Crippen molar-refractivity contribution in [2.45, 2.75) is 64.3 Å². The lowest BCUT2D eigenvalue weighted by Gasteiger charge is -2.32. The normalized spacial score (nSPS) is 22.3. The van der Waals surface area contributed by atoms with Gasteiger partial charge in [0, 0.05) is 31.5 Å². The van der Waals surface area contributed by atoms with E-state index in [0.717, 1.165) is 42.9 Å². The van der Waals surface area contributed by atoms with Crippen molar-refractivity contribution < 1.29 is 4.79 Å². The van der Waals surface area contributed by atoms with Gasteiger partial charge in [0.2, 0.25) is 5.91 Å². The third-order valence-corrected chi connectivity index (χ3v) is 5.01. The van der Waals surface area contributed by atoms with Crippen LogP contribution in [-0.2, 0) is 4.79 Å². The summed E-state index contributed by atoms with van der Waals surface area (Å²) in [5.74, 6) is 2.26. The summed E-state index contributed by atoms with van der Waals surface area (Å²) >= 11 is 5.37. The molecule has 22 heavy (non-hydrogen) atoms. The van der Waals surface area contributed by atoms with E-state index in [-0.39, 0.29) is 0 Å². The van der Waals surface area contributed by atoms with Crippen molar-refractivity contribution in [1.82, 2.24) is 19.7 Å². The monoisotopic (exact) mass is 322 g/mol. The van der Waals surface area contributed by atoms with Crippen LogP contribution in [0.15, 0.2) is 0 Å². The fraction of sp³-hybridized carbons (Fsp3) is 0.812. The lowest BCUT2D eigenvalue weighted by Crippen LogP contribution is -2.39. The van der Waals surface area contributed by atoms with Crippen molar-refractivity contribution in [1.29, 1.82) is 0 Å². The summed E-state index contributed by atoms with van der Waals surface area (Å²) in [4.78, 5) is 14.4. The van der Waals surface area contributed by atoms with Crippen LogP contribution in [0.3, 0.4) is 0 Å². The van der Waals surface area contributed by atoms with Gasteiger partial charge < -0.3 is 9.47 Å². The van der Waals surface area contributed by atoms with Gasteiger partial charge in [0.1, 0.15) is 5.82 Å². The molecule has 1 saturated heterocycles. The molecule has 1 aliphatic heterocycles. The number of nitrogens with one attached hydrogen (secondary N) is 1. The predicted molar refractivity (Wildman–Crippen MR) is 88.3 cm³/mol. The largest absolute Gasteiger partial charge is 0.342 e. The zero-order valence-corrected chi connectivity index (χ0v) is 14.4. The quantitative estimate of drug-likeness (QED) is 0.845. The molecular formula is C16H26N4OS. The Morgan fingerprint density at radius 1 is 1.41 bits per heavy atom. The van der Waals surface area contributed by atoms with Gasteiger partial charge in [-0.25, -0.2) is 0 Å².